The number of carbonyl (C=O) groups is 1. The van der Waals surface area contributed by atoms with Crippen LogP contribution in [0.4, 0.5) is 11.4 Å². The molecule has 0 fully saturated rings. The van der Waals surface area contributed by atoms with Gasteiger partial charge in [-0.1, -0.05) is 0 Å². The van der Waals surface area contributed by atoms with Crippen molar-refractivity contribution in [2.45, 2.75) is 11.8 Å². The number of carbonyl (C=O) groups excluding carboxylic acids is 1. The lowest BCUT2D eigenvalue weighted by Gasteiger charge is -2.20. The molecular formula is C16H14N2O6S. The number of amides is 1. The third-order valence-electron chi connectivity index (χ3n) is 3.82. The minimum atomic E-state index is -3.85. The SMILES string of the molecule is Cc1cc2c(cc1S(=O)(=O)Nc1ccc3c(c1)OCO3)OCC(=O)N2. The van der Waals surface area contributed by atoms with Crippen LogP contribution in [-0.2, 0) is 14.8 Å². The second-order valence-corrected chi connectivity index (χ2v) is 7.28. The average molecular weight is 362 g/mol. The molecule has 0 radical (unpaired) electrons. The Morgan fingerprint density at radius 3 is 2.68 bits per heavy atom. The van der Waals surface area contributed by atoms with Gasteiger partial charge in [-0.25, -0.2) is 8.42 Å². The molecule has 2 aromatic carbocycles. The molecule has 0 atom stereocenters. The van der Waals surface area contributed by atoms with Gasteiger partial charge in [0.1, 0.15) is 5.75 Å². The highest BCUT2D eigenvalue weighted by molar-refractivity contribution is 7.92. The van der Waals surface area contributed by atoms with E-state index in [0.29, 0.717) is 34.2 Å². The first-order valence-corrected chi connectivity index (χ1v) is 8.90. The average Bonchev–Trinajstić information content (AvgIpc) is 3.01. The topological polar surface area (TPSA) is 103 Å². The molecule has 2 aliphatic heterocycles. The molecule has 0 saturated heterocycles. The molecule has 2 aliphatic rings. The maximum atomic E-state index is 12.7. The Kier molecular flexibility index (Phi) is 3.46. The fourth-order valence-electron chi connectivity index (χ4n) is 2.68. The molecule has 0 spiro atoms. The molecule has 25 heavy (non-hydrogen) atoms. The van der Waals surface area contributed by atoms with E-state index in [-0.39, 0.29) is 24.2 Å². The summed E-state index contributed by atoms with van der Waals surface area (Å²) in [5.41, 5.74) is 1.30. The Balaban J connectivity index is 1.67. The minimum absolute atomic E-state index is 0.0695. The smallest absolute Gasteiger partial charge is 0.262 e. The van der Waals surface area contributed by atoms with Crippen molar-refractivity contribution in [3.05, 3.63) is 35.9 Å². The first-order valence-electron chi connectivity index (χ1n) is 7.42. The van der Waals surface area contributed by atoms with E-state index in [2.05, 4.69) is 10.0 Å². The fraction of sp³-hybridized carbons (Fsp3) is 0.188. The largest absolute Gasteiger partial charge is 0.482 e. The summed E-state index contributed by atoms with van der Waals surface area (Å²) < 4.78 is 43.8. The van der Waals surface area contributed by atoms with Crippen LogP contribution in [0.5, 0.6) is 17.2 Å². The Hall–Kier alpha value is -2.94. The highest BCUT2D eigenvalue weighted by Gasteiger charge is 2.24. The van der Waals surface area contributed by atoms with Gasteiger partial charge in [-0.05, 0) is 30.7 Å². The number of fused-ring (bicyclic) bond motifs is 2. The quantitative estimate of drug-likeness (QED) is 0.864. The number of hydrogen-bond donors (Lipinski definition) is 2. The van der Waals surface area contributed by atoms with Crippen LogP contribution in [0.25, 0.3) is 0 Å². The third-order valence-corrected chi connectivity index (χ3v) is 5.35. The summed E-state index contributed by atoms with van der Waals surface area (Å²) >= 11 is 0. The molecule has 2 heterocycles. The second-order valence-electron chi connectivity index (χ2n) is 5.62. The molecule has 0 bridgehead atoms. The lowest BCUT2D eigenvalue weighted by molar-refractivity contribution is -0.118. The van der Waals surface area contributed by atoms with E-state index in [1.165, 1.54) is 6.07 Å². The normalized spacial score (nSPS) is 15.2. The van der Waals surface area contributed by atoms with Gasteiger partial charge in [-0.3, -0.25) is 9.52 Å². The van der Waals surface area contributed by atoms with E-state index in [9.17, 15) is 13.2 Å². The van der Waals surface area contributed by atoms with E-state index in [1.54, 1.807) is 31.2 Å². The number of ether oxygens (including phenoxy) is 3. The molecule has 0 unspecified atom stereocenters. The molecule has 0 aliphatic carbocycles. The highest BCUT2D eigenvalue weighted by atomic mass is 32.2. The number of anilines is 2. The lowest BCUT2D eigenvalue weighted by atomic mass is 10.2. The first kappa shape index (κ1) is 15.6. The summed E-state index contributed by atoms with van der Waals surface area (Å²) in [5, 5.41) is 2.65. The van der Waals surface area contributed by atoms with Gasteiger partial charge in [0.25, 0.3) is 15.9 Å². The summed E-state index contributed by atoms with van der Waals surface area (Å²) in [6, 6.07) is 7.76. The first-order chi connectivity index (χ1) is 11.9. The lowest BCUT2D eigenvalue weighted by Crippen LogP contribution is -2.26. The van der Waals surface area contributed by atoms with Crippen molar-refractivity contribution in [1.82, 2.24) is 0 Å². The maximum Gasteiger partial charge on any atom is 0.262 e. The monoisotopic (exact) mass is 362 g/mol. The molecule has 9 heteroatoms. The van der Waals surface area contributed by atoms with Crippen LogP contribution in [0.15, 0.2) is 35.2 Å². The fourth-order valence-corrected chi connectivity index (χ4v) is 3.97. The number of nitrogens with one attached hydrogen (secondary N) is 2. The van der Waals surface area contributed by atoms with Gasteiger partial charge >= 0.3 is 0 Å². The van der Waals surface area contributed by atoms with Crippen LogP contribution < -0.4 is 24.2 Å². The van der Waals surface area contributed by atoms with Gasteiger partial charge in [0, 0.05) is 12.1 Å². The van der Waals surface area contributed by atoms with Gasteiger partial charge in [0.05, 0.1) is 16.3 Å². The molecule has 130 valence electrons. The van der Waals surface area contributed by atoms with E-state index in [0.717, 1.165) is 0 Å². The molecule has 8 nitrogen and oxygen atoms in total. The van der Waals surface area contributed by atoms with Crippen molar-refractivity contribution in [1.29, 1.82) is 0 Å². The number of sulfonamides is 1. The predicted molar refractivity (Wildman–Crippen MR) is 88.7 cm³/mol. The van der Waals surface area contributed by atoms with Crippen molar-refractivity contribution in [3.63, 3.8) is 0 Å². The molecular weight excluding hydrogens is 348 g/mol. The molecule has 1 amide bonds. The van der Waals surface area contributed by atoms with Gasteiger partial charge < -0.3 is 19.5 Å². The van der Waals surface area contributed by atoms with Crippen molar-refractivity contribution in [2.75, 3.05) is 23.4 Å². The zero-order valence-electron chi connectivity index (χ0n) is 13.2. The molecule has 0 saturated carbocycles. The molecule has 0 aromatic heterocycles. The zero-order chi connectivity index (χ0) is 17.6. The Morgan fingerprint density at radius 1 is 1.04 bits per heavy atom. The standard InChI is InChI=1S/C16H14N2O6S/c1-9-4-11-13(22-7-16(19)17-11)6-15(9)25(20,21)18-10-2-3-12-14(5-10)24-8-23-12/h2-6,18H,7-8H2,1H3,(H,17,19). The summed E-state index contributed by atoms with van der Waals surface area (Å²) in [6.07, 6.45) is 0. The number of benzene rings is 2. The summed E-state index contributed by atoms with van der Waals surface area (Å²) in [7, 11) is -3.85. The van der Waals surface area contributed by atoms with E-state index >= 15 is 0 Å². The van der Waals surface area contributed by atoms with Gasteiger partial charge in [0.2, 0.25) is 6.79 Å². The Morgan fingerprint density at radius 2 is 1.84 bits per heavy atom. The number of hydrogen-bond acceptors (Lipinski definition) is 6. The molecule has 2 aromatic rings. The van der Waals surface area contributed by atoms with Crippen LogP contribution in [0.2, 0.25) is 0 Å². The maximum absolute atomic E-state index is 12.7. The Labute approximate surface area is 143 Å². The van der Waals surface area contributed by atoms with E-state index in [1.807, 2.05) is 0 Å². The highest BCUT2D eigenvalue weighted by Crippen LogP contribution is 2.36. The summed E-state index contributed by atoms with van der Waals surface area (Å²) in [4.78, 5) is 11.4. The molecule has 4 rings (SSSR count). The van der Waals surface area contributed by atoms with Gasteiger partial charge in [-0.2, -0.15) is 0 Å². The van der Waals surface area contributed by atoms with E-state index < -0.39 is 10.0 Å². The van der Waals surface area contributed by atoms with Crippen LogP contribution in [0.1, 0.15) is 5.56 Å². The van der Waals surface area contributed by atoms with Crippen LogP contribution >= 0.6 is 0 Å². The summed E-state index contributed by atoms with van der Waals surface area (Å²) in [5.74, 6) is 1.09. The second kappa shape index (κ2) is 5.55. The van der Waals surface area contributed by atoms with Gasteiger partial charge in [-0.15, -0.1) is 0 Å². The Bertz CT molecular complexity index is 986. The van der Waals surface area contributed by atoms with E-state index in [4.69, 9.17) is 14.2 Å². The van der Waals surface area contributed by atoms with Crippen molar-refractivity contribution in [2.24, 2.45) is 0 Å². The molecule has 2 N–H and O–H groups in total. The van der Waals surface area contributed by atoms with Crippen LogP contribution in [0, 0.1) is 6.92 Å². The predicted octanol–water partition coefficient (Wildman–Crippen LogP) is 1.86. The number of aryl methyl sites for hydroxylation is 1. The number of rotatable bonds is 3. The van der Waals surface area contributed by atoms with Crippen molar-refractivity contribution < 1.29 is 27.4 Å². The zero-order valence-corrected chi connectivity index (χ0v) is 14.0. The van der Waals surface area contributed by atoms with Crippen molar-refractivity contribution >= 4 is 27.3 Å². The van der Waals surface area contributed by atoms with Gasteiger partial charge in [0.15, 0.2) is 18.1 Å². The van der Waals surface area contributed by atoms with Crippen LogP contribution in [0.3, 0.4) is 0 Å². The third kappa shape index (κ3) is 2.82. The van der Waals surface area contributed by atoms with Crippen LogP contribution in [-0.4, -0.2) is 27.7 Å². The minimum Gasteiger partial charge on any atom is -0.482 e. The van der Waals surface area contributed by atoms with Crippen molar-refractivity contribution in [3.8, 4) is 17.2 Å². The summed E-state index contributed by atoms with van der Waals surface area (Å²) in [6.45, 7) is 1.61.